The molecule has 2 rings (SSSR count). The number of hydrogen-bond acceptors (Lipinski definition) is 3. The summed E-state index contributed by atoms with van der Waals surface area (Å²) in [6.45, 7) is 6.37. The molecule has 0 spiro atoms. The van der Waals surface area contributed by atoms with Crippen LogP contribution < -0.4 is 0 Å². The summed E-state index contributed by atoms with van der Waals surface area (Å²) in [5, 5.41) is 0. The summed E-state index contributed by atoms with van der Waals surface area (Å²) in [5.74, 6) is -0.814. The molecule has 0 saturated carbocycles. The minimum Gasteiger partial charge on any atom is -0.337 e. The Kier molecular flexibility index (Phi) is 4.70. The van der Waals surface area contributed by atoms with Crippen LogP contribution >= 0.6 is 0 Å². The SMILES string of the molecule is CC(C)N1CCC(N(C)C(=O)c2cccc(F)n2)CC1. The average molecular weight is 279 g/mol. The van der Waals surface area contributed by atoms with Gasteiger partial charge in [-0.15, -0.1) is 0 Å². The highest BCUT2D eigenvalue weighted by Gasteiger charge is 2.27. The Bertz CT molecular complexity index is 470. The molecule has 1 fully saturated rings. The van der Waals surface area contributed by atoms with Gasteiger partial charge in [0.15, 0.2) is 0 Å². The molecule has 0 bridgehead atoms. The second-order valence-corrected chi connectivity index (χ2v) is 5.62. The standard InChI is InChI=1S/C15H22FN3O/c1-11(2)19-9-7-12(8-10-19)18(3)15(20)13-5-4-6-14(16)17-13/h4-6,11-12H,7-10H2,1-3H3. The van der Waals surface area contributed by atoms with Crippen LogP contribution in [-0.2, 0) is 0 Å². The van der Waals surface area contributed by atoms with Crippen molar-refractivity contribution >= 4 is 5.91 Å². The Morgan fingerprint density at radius 3 is 2.60 bits per heavy atom. The van der Waals surface area contributed by atoms with Gasteiger partial charge in [0.1, 0.15) is 5.69 Å². The molecule has 0 unspecified atom stereocenters. The number of nitrogens with zero attached hydrogens (tertiary/aromatic N) is 3. The van der Waals surface area contributed by atoms with E-state index in [1.54, 1.807) is 18.0 Å². The van der Waals surface area contributed by atoms with Crippen LogP contribution in [0, 0.1) is 5.95 Å². The van der Waals surface area contributed by atoms with E-state index >= 15 is 0 Å². The van der Waals surface area contributed by atoms with Crippen molar-refractivity contribution in [3.05, 3.63) is 29.8 Å². The summed E-state index contributed by atoms with van der Waals surface area (Å²) in [7, 11) is 1.78. The van der Waals surface area contributed by atoms with Gasteiger partial charge >= 0.3 is 0 Å². The van der Waals surface area contributed by atoms with Crippen LogP contribution in [-0.4, -0.2) is 52.9 Å². The van der Waals surface area contributed by atoms with E-state index in [4.69, 9.17) is 0 Å². The maximum absolute atomic E-state index is 13.1. The van der Waals surface area contributed by atoms with Crippen LogP contribution in [0.3, 0.4) is 0 Å². The highest BCUT2D eigenvalue weighted by molar-refractivity contribution is 5.92. The fourth-order valence-corrected chi connectivity index (χ4v) is 2.66. The van der Waals surface area contributed by atoms with E-state index < -0.39 is 5.95 Å². The van der Waals surface area contributed by atoms with Crippen LogP contribution in [0.5, 0.6) is 0 Å². The van der Waals surface area contributed by atoms with Crippen molar-refractivity contribution in [1.82, 2.24) is 14.8 Å². The topological polar surface area (TPSA) is 36.4 Å². The van der Waals surface area contributed by atoms with Crippen molar-refractivity contribution in [2.75, 3.05) is 20.1 Å². The van der Waals surface area contributed by atoms with E-state index in [1.165, 1.54) is 12.1 Å². The van der Waals surface area contributed by atoms with Gasteiger partial charge in [0.2, 0.25) is 5.95 Å². The second kappa shape index (κ2) is 6.31. The predicted molar refractivity (Wildman–Crippen MR) is 76.0 cm³/mol. The first kappa shape index (κ1) is 14.9. The lowest BCUT2D eigenvalue weighted by Gasteiger charge is -2.38. The minimum atomic E-state index is -0.612. The molecule has 1 aromatic rings. The van der Waals surface area contributed by atoms with E-state index in [1.807, 2.05) is 0 Å². The summed E-state index contributed by atoms with van der Waals surface area (Å²) in [6.07, 6.45) is 1.91. The zero-order valence-corrected chi connectivity index (χ0v) is 12.3. The van der Waals surface area contributed by atoms with Gasteiger partial charge in [0, 0.05) is 32.2 Å². The summed E-state index contributed by atoms with van der Waals surface area (Å²) < 4.78 is 13.1. The van der Waals surface area contributed by atoms with Crippen LogP contribution in [0.2, 0.25) is 0 Å². The van der Waals surface area contributed by atoms with E-state index in [0.717, 1.165) is 25.9 Å². The van der Waals surface area contributed by atoms with Crippen molar-refractivity contribution in [3.63, 3.8) is 0 Å². The first-order chi connectivity index (χ1) is 9.49. The van der Waals surface area contributed by atoms with Crippen LogP contribution in [0.1, 0.15) is 37.2 Å². The molecule has 1 amide bonds. The van der Waals surface area contributed by atoms with Crippen molar-refractivity contribution in [2.45, 2.75) is 38.8 Å². The molecule has 2 heterocycles. The van der Waals surface area contributed by atoms with Gasteiger partial charge in [0.25, 0.3) is 5.91 Å². The quantitative estimate of drug-likeness (QED) is 0.796. The Balaban J connectivity index is 1.98. The third-order valence-electron chi connectivity index (χ3n) is 4.03. The molecule has 1 saturated heterocycles. The van der Waals surface area contributed by atoms with Gasteiger partial charge < -0.3 is 9.80 Å². The van der Waals surface area contributed by atoms with Crippen LogP contribution in [0.4, 0.5) is 4.39 Å². The monoisotopic (exact) mass is 279 g/mol. The van der Waals surface area contributed by atoms with Crippen LogP contribution in [0.25, 0.3) is 0 Å². The molecule has 0 radical (unpaired) electrons. The maximum Gasteiger partial charge on any atom is 0.272 e. The van der Waals surface area contributed by atoms with Crippen molar-refractivity contribution in [1.29, 1.82) is 0 Å². The van der Waals surface area contributed by atoms with Crippen molar-refractivity contribution in [2.24, 2.45) is 0 Å². The number of piperidine rings is 1. The number of aromatic nitrogens is 1. The number of halogens is 1. The summed E-state index contributed by atoms with van der Waals surface area (Å²) in [4.78, 5) is 20.1. The molecular weight excluding hydrogens is 257 g/mol. The number of rotatable bonds is 3. The van der Waals surface area contributed by atoms with E-state index in [9.17, 15) is 9.18 Å². The lowest BCUT2D eigenvalue weighted by Crippen LogP contribution is -2.47. The van der Waals surface area contributed by atoms with E-state index in [-0.39, 0.29) is 17.6 Å². The van der Waals surface area contributed by atoms with E-state index in [0.29, 0.717) is 6.04 Å². The largest absolute Gasteiger partial charge is 0.337 e. The van der Waals surface area contributed by atoms with Gasteiger partial charge in [-0.05, 0) is 38.8 Å². The molecule has 1 aliphatic rings. The summed E-state index contributed by atoms with van der Waals surface area (Å²) in [5.41, 5.74) is 0.179. The number of carbonyl (C=O) groups is 1. The molecule has 0 aliphatic carbocycles. The zero-order valence-electron chi connectivity index (χ0n) is 12.3. The third kappa shape index (κ3) is 3.33. The van der Waals surface area contributed by atoms with Gasteiger partial charge in [-0.25, -0.2) is 4.98 Å². The molecule has 0 aromatic carbocycles. The lowest BCUT2D eigenvalue weighted by atomic mass is 10.0. The number of likely N-dealkylation sites (tertiary alicyclic amines) is 1. The fraction of sp³-hybridized carbons (Fsp3) is 0.600. The average Bonchev–Trinajstić information content (AvgIpc) is 2.46. The highest BCUT2D eigenvalue weighted by atomic mass is 19.1. The molecule has 1 aliphatic heterocycles. The Morgan fingerprint density at radius 1 is 1.40 bits per heavy atom. The third-order valence-corrected chi connectivity index (χ3v) is 4.03. The van der Waals surface area contributed by atoms with E-state index in [2.05, 4.69) is 23.7 Å². The molecule has 110 valence electrons. The normalized spacial score (nSPS) is 17.4. The predicted octanol–water partition coefficient (Wildman–Crippen LogP) is 2.17. The molecule has 20 heavy (non-hydrogen) atoms. The molecule has 0 atom stereocenters. The molecule has 0 N–H and O–H groups in total. The summed E-state index contributed by atoms with van der Waals surface area (Å²) in [6, 6.07) is 5.08. The number of pyridine rings is 1. The second-order valence-electron chi connectivity index (χ2n) is 5.62. The first-order valence-corrected chi connectivity index (χ1v) is 7.13. The van der Waals surface area contributed by atoms with Gasteiger partial charge in [0.05, 0.1) is 0 Å². The Morgan fingerprint density at radius 2 is 2.05 bits per heavy atom. The van der Waals surface area contributed by atoms with Gasteiger partial charge in [-0.3, -0.25) is 4.79 Å². The molecule has 4 nitrogen and oxygen atoms in total. The Hall–Kier alpha value is -1.49. The van der Waals surface area contributed by atoms with Crippen molar-refractivity contribution < 1.29 is 9.18 Å². The number of amides is 1. The molecular formula is C15H22FN3O. The lowest BCUT2D eigenvalue weighted by molar-refractivity contribution is 0.0608. The molecule has 1 aromatic heterocycles. The maximum atomic E-state index is 13.1. The number of carbonyl (C=O) groups excluding carboxylic acids is 1. The van der Waals surface area contributed by atoms with Gasteiger partial charge in [-0.1, -0.05) is 6.07 Å². The minimum absolute atomic E-state index is 0.179. The van der Waals surface area contributed by atoms with Crippen LogP contribution in [0.15, 0.2) is 18.2 Å². The summed E-state index contributed by atoms with van der Waals surface area (Å²) >= 11 is 0. The first-order valence-electron chi connectivity index (χ1n) is 7.13. The fourth-order valence-electron chi connectivity index (χ4n) is 2.66. The van der Waals surface area contributed by atoms with Crippen molar-refractivity contribution in [3.8, 4) is 0 Å². The highest BCUT2D eigenvalue weighted by Crippen LogP contribution is 2.18. The Labute approximate surface area is 119 Å². The zero-order chi connectivity index (χ0) is 14.7. The smallest absolute Gasteiger partial charge is 0.272 e. The molecule has 5 heteroatoms. The number of hydrogen-bond donors (Lipinski definition) is 0. The van der Waals surface area contributed by atoms with Gasteiger partial charge in [-0.2, -0.15) is 4.39 Å².